The highest BCUT2D eigenvalue weighted by Gasteiger charge is 2.12. The molecule has 0 aliphatic heterocycles. The highest BCUT2D eigenvalue weighted by molar-refractivity contribution is 5.72. The Balaban J connectivity index is 2.26. The van der Waals surface area contributed by atoms with E-state index in [4.69, 9.17) is 15.2 Å². The van der Waals surface area contributed by atoms with Crippen molar-refractivity contribution in [3.63, 3.8) is 0 Å². The van der Waals surface area contributed by atoms with Gasteiger partial charge in [-0.1, -0.05) is 12.1 Å². The average molecular weight is 290 g/mol. The summed E-state index contributed by atoms with van der Waals surface area (Å²) in [5, 5.41) is 3.25. The van der Waals surface area contributed by atoms with Gasteiger partial charge in [0, 0.05) is 18.2 Å². The molecule has 0 aliphatic carbocycles. The number of anilines is 2. The molecule has 4 nitrogen and oxygen atoms in total. The monoisotopic (exact) mass is 290 g/mol. The first-order valence-corrected chi connectivity index (χ1v) is 6.58. The van der Waals surface area contributed by atoms with Crippen LogP contribution >= 0.6 is 0 Å². The Bertz CT molecular complexity index is 632. The summed E-state index contributed by atoms with van der Waals surface area (Å²) in [4.78, 5) is 0. The first kappa shape index (κ1) is 15.0. The summed E-state index contributed by atoms with van der Waals surface area (Å²) in [5.74, 6) is 0.890. The lowest BCUT2D eigenvalue weighted by molar-refractivity contribution is 0.355. The zero-order valence-electron chi connectivity index (χ0n) is 12.3. The van der Waals surface area contributed by atoms with Crippen molar-refractivity contribution >= 4 is 11.4 Å². The summed E-state index contributed by atoms with van der Waals surface area (Å²) >= 11 is 0. The van der Waals surface area contributed by atoms with Crippen molar-refractivity contribution in [1.82, 2.24) is 0 Å². The Morgan fingerprint density at radius 2 is 1.76 bits per heavy atom. The van der Waals surface area contributed by atoms with Gasteiger partial charge in [0.2, 0.25) is 0 Å². The van der Waals surface area contributed by atoms with Crippen molar-refractivity contribution in [1.29, 1.82) is 0 Å². The van der Waals surface area contributed by atoms with Crippen molar-refractivity contribution in [2.75, 3.05) is 25.3 Å². The molecule has 112 valence electrons. The molecule has 1 atom stereocenters. The molecule has 21 heavy (non-hydrogen) atoms. The molecule has 2 rings (SSSR count). The number of benzene rings is 2. The van der Waals surface area contributed by atoms with Crippen molar-refractivity contribution < 1.29 is 13.9 Å². The second-order valence-corrected chi connectivity index (χ2v) is 4.72. The van der Waals surface area contributed by atoms with E-state index in [2.05, 4.69) is 5.32 Å². The standard InChI is InChI=1S/C16H19FN2O2/c1-10(11-5-4-6-12(17)7-11)19-14-9-16(21-3)15(20-2)8-13(14)18/h4-10,19H,18H2,1-3H3. The molecule has 0 spiro atoms. The number of nitrogen functional groups attached to an aromatic ring is 1. The summed E-state index contributed by atoms with van der Waals surface area (Å²) in [6, 6.07) is 9.82. The number of methoxy groups -OCH3 is 2. The van der Waals surface area contributed by atoms with E-state index < -0.39 is 0 Å². The number of hydrogen-bond donors (Lipinski definition) is 2. The largest absolute Gasteiger partial charge is 0.493 e. The molecule has 0 radical (unpaired) electrons. The first-order chi connectivity index (χ1) is 10.0. The van der Waals surface area contributed by atoms with Crippen LogP contribution in [0.1, 0.15) is 18.5 Å². The Hall–Kier alpha value is -2.43. The van der Waals surface area contributed by atoms with E-state index in [-0.39, 0.29) is 11.9 Å². The van der Waals surface area contributed by atoms with Crippen LogP contribution in [0.4, 0.5) is 15.8 Å². The molecule has 0 aromatic heterocycles. The minimum atomic E-state index is -0.263. The smallest absolute Gasteiger partial charge is 0.162 e. The van der Waals surface area contributed by atoms with Gasteiger partial charge in [-0.3, -0.25) is 0 Å². The fourth-order valence-electron chi connectivity index (χ4n) is 2.11. The highest BCUT2D eigenvalue weighted by atomic mass is 19.1. The number of hydrogen-bond acceptors (Lipinski definition) is 4. The van der Waals surface area contributed by atoms with E-state index in [1.807, 2.05) is 13.0 Å². The SMILES string of the molecule is COc1cc(N)c(NC(C)c2cccc(F)c2)cc1OC. The zero-order chi connectivity index (χ0) is 15.4. The highest BCUT2D eigenvalue weighted by Crippen LogP contribution is 2.36. The van der Waals surface area contributed by atoms with Crippen molar-refractivity contribution in [3.8, 4) is 11.5 Å². The molecule has 5 heteroatoms. The second kappa shape index (κ2) is 6.35. The molecular weight excluding hydrogens is 271 g/mol. The lowest BCUT2D eigenvalue weighted by Gasteiger charge is -2.19. The molecule has 0 saturated carbocycles. The fraction of sp³-hybridized carbons (Fsp3) is 0.250. The molecule has 0 amide bonds. The van der Waals surface area contributed by atoms with Crippen LogP contribution in [0, 0.1) is 5.82 Å². The number of ether oxygens (including phenoxy) is 2. The summed E-state index contributed by atoms with van der Waals surface area (Å²) in [6.07, 6.45) is 0. The van der Waals surface area contributed by atoms with E-state index in [1.165, 1.54) is 12.1 Å². The Morgan fingerprint density at radius 3 is 2.38 bits per heavy atom. The van der Waals surface area contributed by atoms with Crippen LogP contribution in [0.5, 0.6) is 11.5 Å². The number of rotatable bonds is 5. The minimum Gasteiger partial charge on any atom is -0.493 e. The number of halogens is 1. The summed E-state index contributed by atoms with van der Waals surface area (Å²) < 4.78 is 23.7. The van der Waals surface area contributed by atoms with Gasteiger partial charge in [0.05, 0.1) is 25.6 Å². The van der Waals surface area contributed by atoms with Crippen LogP contribution in [0.3, 0.4) is 0 Å². The van der Waals surface area contributed by atoms with Gasteiger partial charge < -0.3 is 20.5 Å². The van der Waals surface area contributed by atoms with Crippen molar-refractivity contribution in [3.05, 3.63) is 47.8 Å². The third-order valence-corrected chi connectivity index (χ3v) is 3.28. The van der Waals surface area contributed by atoms with Crippen molar-refractivity contribution in [2.24, 2.45) is 0 Å². The third kappa shape index (κ3) is 3.37. The predicted molar refractivity (Wildman–Crippen MR) is 82.4 cm³/mol. The topological polar surface area (TPSA) is 56.5 Å². The van der Waals surface area contributed by atoms with Gasteiger partial charge in [0.1, 0.15) is 5.82 Å². The quantitative estimate of drug-likeness (QED) is 0.826. The van der Waals surface area contributed by atoms with Crippen LogP contribution < -0.4 is 20.5 Å². The van der Waals surface area contributed by atoms with Gasteiger partial charge in [-0.15, -0.1) is 0 Å². The summed E-state index contributed by atoms with van der Waals surface area (Å²) in [5.41, 5.74) is 8.09. The predicted octanol–water partition coefficient (Wildman–Crippen LogP) is 3.60. The maximum atomic E-state index is 13.3. The maximum absolute atomic E-state index is 13.3. The van der Waals surface area contributed by atoms with Gasteiger partial charge in [-0.2, -0.15) is 0 Å². The van der Waals surface area contributed by atoms with E-state index in [9.17, 15) is 4.39 Å². The zero-order valence-corrected chi connectivity index (χ0v) is 12.3. The van der Waals surface area contributed by atoms with Crippen LogP contribution in [-0.2, 0) is 0 Å². The number of nitrogens with two attached hydrogens (primary N) is 1. The van der Waals surface area contributed by atoms with Gasteiger partial charge in [-0.05, 0) is 24.6 Å². The Morgan fingerprint density at radius 1 is 1.10 bits per heavy atom. The molecule has 0 aliphatic rings. The van der Waals surface area contributed by atoms with Gasteiger partial charge in [0.15, 0.2) is 11.5 Å². The normalized spacial score (nSPS) is 11.8. The van der Waals surface area contributed by atoms with Gasteiger partial charge in [0.25, 0.3) is 0 Å². The molecule has 0 saturated heterocycles. The second-order valence-electron chi connectivity index (χ2n) is 4.72. The number of nitrogens with one attached hydrogen (secondary N) is 1. The van der Waals surface area contributed by atoms with E-state index in [0.717, 1.165) is 5.56 Å². The van der Waals surface area contributed by atoms with Gasteiger partial charge >= 0.3 is 0 Å². The Kier molecular flexibility index (Phi) is 4.52. The van der Waals surface area contributed by atoms with E-state index in [1.54, 1.807) is 32.4 Å². The molecule has 1 unspecified atom stereocenters. The molecule has 0 fully saturated rings. The van der Waals surface area contributed by atoms with E-state index >= 15 is 0 Å². The van der Waals surface area contributed by atoms with Crippen LogP contribution in [0.2, 0.25) is 0 Å². The lowest BCUT2D eigenvalue weighted by Crippen LogP contribution is -2.09. The molecule has 3 N–H and O–H groups in total. The summed E-state index contributed by atoms with van der Waals surface area (Å²) in [6.45, 7) is 1.94. The minimum absolute atomic E-state index is 0.0962. The molecule has 0 heterocycles. The molecule has 2 aromatic rings. The first-order valence-electron chi connectivity index (χ1n) is 6.58. The van der Waals surface area contributed by atoms with Crippen LogP contribution in [0.15, 0.2) is 36.4 Å². The van der Waals surface area contributed by atoms with Crippen molar-refractivity contribution in [2.45, 2.75) is 13.0 Å². The third-order valence-electron chi connectivity index (χ3n) is 3.28. The van der Waals surface area contributed by atoms with Gasteiger partial charge in [-0.25, -0.2) is 4.39 Å². The maximum Gasteiger partial charge on any atom is 0.162 e. The van der Waals surface area contributed by atoms with E-state index in [0.29, 0.717) is 22.9 Å². The average Bonchev–Trinajstić information content (AvgIpc) is 2.48. The fourth-order valence-corrected chi connectivity index (χ4v) is 2.11. The molecular formula is C16H19FN2O2. The Labute approximate surface area is 123 Å². The lowest BCUT2D eigenvalue weighted by atomic mass is 10.1. The van der Waals surface area contributed by atoms with Crippen LogP contribution in [0.25, 0.3) is 0 Å². The molecule has 0 bridgehead atoms. The molecule has 2 aromatic carbocycles. The van der Waals surface area contributed by atoms with Crippen LogP contribution in [-0.4, -0.2) is 14.2 Å². The summed E-state index contributed by atoms with van der Waals surface area (Å²) in [7, 11) is 3.12.